The third-order valence-electron chi connectivity index (χ3n) is 4.72. The van der Waals surface area contributed by atoms with Crippen LogP contribution in [0.5, 0.6) is 0 Å². The van der Waals surface area contributed by atoms with Crippen molar-refractivity contribution in [2.45, 2.75) is 52.6 Å². The minimum absolute atomic E-state index is 0.625. The molecule has 0 saturated carbocycles. The highest BCUT2D eigenvalue weighted by atomic mass is 33.7. The highest BCUT2D eigenvalue weighted by Crippen LogP contribution is 2.44. The average molecular weight is 625 g/mol. The molecule has 0 atom stereocenters. The fourth-order valence-corrected chi connectivity index (χ4v) is 14.9. The van der Waals surface area contributed by atoms with Crippen LogP contribution in [0, 0.1) is 0 Å². The summed E-state index contributed by atoms with van der Waals surface area (Å²) < 4.78 is 36.5. The Bertz CT molecular complexity index is 451. The van der Waals surface area contributed by atoms with Gasteiger partial charge in [0.15, 0.2) is 0 Å². The van der Waals surface area contributed by atoms with Gasteiger partial charge in [-0.15, -0.1) is 0 Å². The lowest BCUT2D eigenvalue weighted by Crippen LogP contribution is -2.47. The quantitative estimate of drug-likeness (QED) is 0.0647. The molecule has 0 aromatic rings. The summed E-state index contributed by atoms with van der Waals surface area (Å²) in [6.07, 6.45) is 2.05. The summed E-state index contributed by atoms with van der Waals surface area (Å²) in [6.45, 7) is 13.6. The van der Waals surface area contributed by atoms with Crippen LogP contribution in [0.25, 0.3) is 0 Å². The van der Waals surface area contributed by atoms with E-state index in [0.717, 1.165) is 49.5 Å². The molecule has 0 heterocycles. The van der Waals surface area contributed by atoms with Gasteiger partial charge in [0.1, 0.15) is 0 Å². The maximum atomic E-state index is 6.19. The molecule has 0 aliphatic rings. The standard InChI is InChI=1S/C22H52N2O6S4Si2/c1-9-25-35(26-10-2,29-17-15-23(5)6)21-13-19-31-33-34-32-20-14-22-36(27-11-3,28-12-4)30-18-16-24(7)8/h9-22H2,1-8H3. The van der Waals surface area contributed by atoms with Crippen molar-refractivity contribution in [1.82, 2.24) is 9.80 Å². The molecule has 14 heteroatoms. The first-order valence-electron chi connectivity index (χ1n) is 13.0. The van der Waals surface area contributed by atoms with E-state index in [9.17, 15) is 0 Å². The number of hydrogen-bond acceptors (Lipinski definition) is 12. The maximum absolute atomic E-state index is 6.19. The molecule has 0 aromatic heterocycles. The van der Waals surface area contributed by atoms with Crippen molar-refractivity contribution in [3.05, 3.63) is 0 Å². The van der Waals surface area contributed by atoms with Crippen molar-refractivity contribution in [2.75, 3.05) is 92.4 Å². The number of rotatable bonds is 27. The molecule has 0 bridgehead atoms. The largest absolute Gasteiger partial charge is 0.501 e. The van der Waals surface area contributed by atoms with Crippen molar-refractivity contribution in [2.24, 2.45) is 0 Å². The van der Waals surface area contributed by atoms with Gasteiger partial charge in [0.05, 0.1) is 13.2 Å². The van der Waals surface area contributed by atoms with Crippen LogP contribution in [0.2, 0.25) is 12.1 Å². The SMILES string of the molecule is CCO[Si](CCCSSSSCCC[Si](OCC)(OCC)OCCN(C)C)(OCC)OCCN(C)C. The topological polar surface area (TPSA) is 61.9 Å². The molecule has 0 radical (unpaired) electrons. The Labute approximate surface area is 239 Å². The van der Waals surface area contributed by atoms with Crippen molar-refractivity contribution < 1.29 is 26.6 Å². The van der Waals surface area contributed by atoms with E-state index in [2.05, 4.69) is 9.80 Å². The fraction of sp³-hybridized carbons (Fsp3) is 1.00. The average Bonchev–Trinajstić information content (AvgIpc) is 2.80. The summed E-state index contributed by atoms with van der Waals surface area (Å²) in [5.41, 5.74) is 0. The van der Waals surface area contributed by atoms with E-state index in [0.29, 0.717) is 39.6 Å². The first-order chi connectivity index (χ1) is 17.3. The molecule has 0 saturated heterocycles. The summed E-state index contributed by atoms with van der Waals surface area (Å²) >= 11 is 0. The van der Waals surface area contributed by atoms with Crippen LogP contribution in [-0.4, -0.2) is 120 Å². The van der Waals surface area contributed by atoms with E-state index in [1.54, 1.807) is 0 Å². The zero-order chi connectivity index (χ0) is 27.1. The minimum atomic E-state index is -2.59. The van der Waals surface area contributed by atoms with E-state index in [4.69, 9.17) is 26.6 Å². The predicted molar refractivity (Wildman–Crippen MR) is 166 cm³/mol. The van der Waals surface area contributed by atoms with Gasteiger partial charge in [-0.1, -0.05) is 21.6 Å². The second-order valence-corrected chi connectivity index (χ2v) is 20.1. The number of nitrogens with zero attached hydrogens (tertiary/aromatic N) is 2. The smallest absolute Gasteiger partial charge is 0.374 e. The van der Waals surface area contributed by atoms with Gasteiger partial charge in [-0.2, -0.15) is 0 Å². The highest BCUT2D eigenvalue weighted by Gasteiger charge is 2.41. The fourth-order valence-electron chi connectivity index (χ4n) is 3.13. The van der Waals surface area contributed by atoms with Crippen molar-refractivity contribution in [3.63, 3.8) is 0 Å². The molecule has 0 aromatic carbocycles. The first-order valence-corrected chi connectivity index (χ1v) is 22.0. The molecule has 8 nitrogen and oxygen atoms in total. The Morgan fingerprint density at radius 3 is 1.14 bits per heavy atom. The molecule has 0 aliphatic carbocycles. The predicted octanol–water partition coefficient (Wildman–Crippen LogP) is 5.62. The molecule has 0 rings (SSSR count). The van der Waals surface area contributed by atoms with E-state index >= 15 is 0 Å². The molecule has 218 valence electrons. The second-order valence-electron chi connectivity index (χ2n) is 8.39. The Hall–Kier alpha value is 1.51. The van der Waals surface area contributed by atoms with E-state index in [-0.39, 0.29) is 0 Å². The Morgan fingerprint density at radius 2 is 0.861 bits per heavy atom. The lowest BCUT2D eigenvalue weighted by molar-refractivity contribution is 0.0615. The molecular weight excluding hydrogens is 573 g/mol. The molecule has 0 N–H and O–H groups in total. The maximum Gasteiger partial charge on any atom is 0.501 e. The third kappa shape index (κ3) is 19.6. The van der Waals surface area contributed by atoms with Gasteiger partial charge < -0.3 is 36.4 Å². The van der Waals surface area contributed by atoms with Crippen LogP contribution in [0.1, 0.15) is 40.5 Å². The summed E-state index contributed by atoms with van der Waals surface area (Å²) in [4.78, 5) is 4.24. The molecule has 0 amide bonds. The van der Waals surface area contributed by atoms with Crippen LogP contribution >= 0.6 is 41.2 Å². The van der Waals surface area contributed by atoms with Crippen LogP contribution in [0.3, 0.4) is 0 Å². The Balaban J connectivity index is 4.23. The first kappa shape index (κ1) is 37.5. The van der Waals surface area contributed by atoms with Gasteiger partial charge in [-0.25, -0.2) is 0 Å². The lowest BCUT2D eigenvalue weighted by Gasteiger charge is -2.29. The van der Waals surface area contributed by atoms with Crippen molar-refractivity contribution in [3.8, 4) is 0 Å². The minimum Gasteiger partial charge on any atom is -0.374 e. The lowest BCUT2D eigenvalue weighted by atomic mass is 10.6. The van der Waals surface area contributed by atoms with Crippen molar-refractivity contribution in [1.29, 1.82) is 0 Å². The normalized spacial score (nSPS) is 12.8. The molecule has 0 aliphatic heterocycles. The van der Waals surface area contributed by atoms with Gasteiger partial charge in [-0.05, 0) is 88.4 Å². The van der Waals surface area contributed by atoms with Gasteiger partial charge in [-0.3, -0.25) is 0 Å². The summed E-state index contributed by atoms with van der Waals surface area (Å²) in [6, 6.07) is 1.73. The molecule has 0 spiro atoms. The second kappa shape index (κ2) is 24.3. The molecule has 0 unspecified atom stereocenters. The van der Waals surface area contributed by atoms with E-state index < -0.39 is 17.6 Å². The Kier molecular flexibility index (Phi) is 25.3. The molecule has 0 fully saturated rings. The summed E-state index contributed by atoms with van der Waals surface area (Å²) in [7, 11) is 10.5. The number of likely N-dealkylation sites (N-methyl/N-ethyl adjacent to an activating group) is 2. The van der Waals surface area contributed by atoms with Gasteiger partial charge in [0, 0.05) is 63.1 Å². The van der Waals surface area contributed by atoms with Gasteiger partial charge >= 0.3 is 17.6 Å². The van der Waals surface area contributed by atoms with Gasteiger partial charge in [0.25, 0.3) is 0 Å². The third-order valence-corrected chi connectivity index (χ3v) is 17.5. The number of hydrogen-bond donors (Lipinski definition) is 0. The molecular formula is C22H52N2O6S4Si2. The zero-order valence-electron chi connectivity index (χ0n) is 23.9. The van der Waals surface area contributed by atoms with Crippen molar-refractivity contribution >= 4 is 58.8 Å². The Morgan fingerprint density at radius 1 is 0.528 bits per heavy atom. The summed E-state index contributed by atoms with van der Waals surface area (Å²) in [5.74, 6) is 2.10. The summed E-state index contributed by atoms with van der Waals surface area (Å²) in [5, 5.41) is 0. The van der Waals surface area contributed by atoms with Crippen LogP contribution in [0.15, 0.2) is 0 Å². The monoisotopic (exact) mass is 624 g/mol. The van der Waals surface area contributed by atoms with E-state index in [1.165, 1.54) is 0 Å². The zero-order valence-corrected chi connectivity index (χ0v) is 29.1. The van der Waals surface area contributed by atoms with E-state index in [1.807, 2.05) is 97.1 Å². The van der Waals surface area contributed by atoms with Crippen LogP contribution in [-0.2, 0) is 26.6 Å². The van der Waals surface area contributed by atoms with Gasteiger partial charge in [0.2, 0.25) is 0 Å². The van der Waals surface area contributed by atoms with Crippen LogP contribution < -0.4 is 0 Å². The molecule has 36 heavy (non-hydrogen) atoms. The highest BCUT2D eigenvalue weighted by molar-refractivity contribution is 9.26. The van der Waals surface area contributed by atoms with Crippen LogP contribution in [0.4, 0.5) is 0 Å².